The molecule has 0 aliphatic rings. The van der Waals surface area contributed by atoms with E-state index in [4.69, 9.17) is 5.11 Å². The molecule has 0 bridgehead atoms. The molecule has 0 saturated carbocycles. The number of hydrogen-bond acceptors (Lipinski definition) is 1. The third kappa shape index (κ3) is 3.88. The second kappa shape index (κ2) is 5.71. The molecule has 10 heavy (non-hydrogen) atoms. The number of alkyl halides is 1. The van der Waals surface area contributed by atoms with Crippen molar-refractivity contribution in [2.75, 3.05) is 5.33 Å². The molecule has 0 aliphatic heterocycles. The second-order valence-corrected chi connectivity index (χ2v) is 2.98. The van der Waals surface area contributed by atoms with E-state index >= 15 is 0 Å². The van der Waals surface area contributed by atoms with Crippen LogP contribution < -0.4 is 0 Å². The molecule has 0 aliphatic carbocycles. The molecule has 60 valence electrons. The first kappa shape index (κ1) is 9.95. The molecule has 0 radical (unpaired) electrons. The monoisotopic (exact) mass is 208 g/mol. The molecular formula is C7H13BrO2. The van der Waals surface area contributed by atoms with Crippen LogP contribution in [0.15, 0.2) is 0 Å². The number of unbranched alkanes of at least 4 members (excludes halogenated alkanes) is 1. The number of aliphatic carboxylic acids is 1. The number of rotatable bonds is 5. The van der Waals surface area contributed by atoms with E-state index in [9.17, 15) is 4.79 Å². The minimum Gasteiger partial charge on any atom is -0.481 e. The first-order valence-electron chi connectivity index (χ1n) is 3.51. The summed E-state index contributed by atoms with van der Waals surface area (Å²) in [4.78, 5) is 10.4. The lowest BCUT2D eigenvalue weighted by Crippen LogP contribution is -2.14. The van der Waals surface area contributed by atoms with Gasteiger partial charge in [-0.05, 0) is 6.42 Å². The molecule has 0 spiro atoms. The Kier molecular flexibility index (Phi) is 5.69. The minimum atomic E-state index is -0.690. The highest BCUT2D eigenvalue weighted by molar-refractivity contribution is 9.09. The molecule has 3 heteroatoms. The number of hydrogen-bond donors (Lipinski definition) is 1. The van der Waals surface area contributed by atoms with Crippen molar-refractivity contribution in [3.8, 4) is 0 Å². The van der Waals surface area contributed by atoms with E-state index in [1.165, 1.54) is 0 Å². The topological polar surface area (TPSA) is 37.3 Å². The molecular weight excluding hydrogens is 196 g/mol. The van der Waals surface area contributed by atoms with Crippen LogP contribution >= 0.6 is 15.9 Å². The summed E-state index contributed by atoms with van der Waals surface area (Å²) in [5.41, 5.74) is 0. The maximum atomic E-state index is 10.4. The van der Waals surface area contributed by atoms with Crippen LogP contribution in [0.4, 0.5) is 0 Å². The van der Waals surface area contributed by atoms with E-state index in [0.717, 1.165) is 19.3 Å². The third-order valence-corrected chi connectivity index (χ3v) is 2.22. The summed E-state index contributed by atoms with van der Waals surface area (Å²) < 4.78 is 0. The Morgan fingerprint density at radius 1 is 1.70 bits per heavy atom. The summed E-state index contributed by atoms with van der Waals surface area (Å²) in [5, 5.41) is 9.14. The summed E-state index contributed by atoms with van der Waals surface area (Å²) in [6.45, 7) is 2.06. The zero-order chi connectivity index (χ0) is 7.98. The van der Waals surface area contributed by atoms with Crippen LogP contribution in [0.1, 0.15) is 26.2 Å². The summed E-state index contributed by atoms with van der Waals surface area (Å²) in [6, 6.07) is 0. The maximum Gasteiger partial charge on any atom is 0.307 e. The average molecular weight is 209 g/mol. The maximum absolute atomic E-state index is 10.4. The Bertz CT molecular complexity index is 104. The predicted octanol–water partition coefficient (Wildman–Crippen LogP) is 2.27. The van der Waals surface area contributed by atoms with Crippen LogP contribution in [-0.2, 0) is 4.79 Å². The lowest BCUT2D eigenvalue weighted by molar-refractivity contribution is -0.141. The normalized spacial score (nSPS) is 13.0. The quantitative estimate of drug-likeness (QED) is 0.705. The largest absolute Gasteiger partial charge is 0.481 e. The van der Waals surface area contributed by atoms with Crippen molar-refractivity contribution in [1.82, 2.24) is 0 Å². The van der Waals surface area contributed by atoms with Gasteiger partial charge in [0, 0.05) is 5.33 Å². The van der Waals surface area contributed by atoms with Gasteiger partial charge in [-0.2, -0.15) is 0 Å². The van der Waals surface area contributed by atoms with Gasteiger partial charge in [0.1, 0.15) is 0 Å². The number of carboxylic acid groups (broad SMARTS) is 1. The molecule has 0 aromatic rings. The van der Waals surface area contributed by atoms with Crippen molar-refractivity contribution in [3.05, 3.63) is 0 Å². The molecule has 1 N–H and O–H groups in total. The lowest BCUT2D eigenvalue weighted by Gasteiger charge is -2.05. The fourth-order valence-corrected chi connectivity index (χ4v) is 1.32. The Morgan fingerprint density at radius 2 is 2.30 bits per heavy atom. The molecule has 1 atom stereocenters. The van der Waals surface area contributed by atoms with Gasteiger partial charge in [0.15, 0.2) is 0 Å². The fourth-order valence-electron chi connectivity index (χ4n) is 0.717. The smallest absolute Gasteiger partial charge is 0.307 e. The van der Waals surface area contributed by atoms with Crippen molar-refractivity contribution in [1.29, 1.82) is 0 Å². The number of carbonyl (C=O) groups is 1. The fraction of sp³-hybridized carbons (Fsp3) is 0.857. The molecule has 0 aromatic heterocycles. The van der Waals surface area contributed by atoms with Gasteiger partial charge in [0.25, 0.3) is 0 Å². The molecule has 0 heterocycles. The van der Waals surface area contributed by atoms with E-state index in [1.54, 1.807) is 0 Å². The first-order valence-corrected chi connectivity index (χ1v) is 4.63. The predicted molar refractivity (Wildman–Crippen MR) is 44.4 cm³/mol. The Morgan fingerprint density at radius 3 is 2.60 bits per heavy atom. The zero-order valence-electron chi connectivity index (χ0n) is 6.14. The van der Waals surface area contributed by atoms with Gasteiger partial charge in [0.05, 0.1) is 5.92 Å². The SMILES string of the molecule is CCCC[C@@H](CBr)C(=O)O. The highest BCUT2D eigenvalue weighted by Gasteiger charge is 2.13. The van der Waals surface area contributed by atoms with Crippen molar-refractivity contribution >= 4 is 21.9 Å². The number of halogens is 1. The van der Waals surface area contributed by atoms with Gasteiger partial charge < -0.3 is 5.11 Å². The highest BCUT2D eigenvalue weighted by Crippen LogP contribution is 2.10. The van der Waals surface area contributed by atoms with Crippen LogP contribution in [0.3, 0.4) is 0 Å². The van der Waals surface area contributed by atoms with Gasteiger partial charge >= 0.3 is 5.97 Å². The van der Waals surface area contributed by atoms with Crippen molar-refractivity contribution in [2.24, 2.45) is 5.92 Å². The average Bonchev–Trinajstić information content (AvgIpc) is 1.89. The summed E-state index contributed by atoms with van der Waals surface area (Å²) in [6.07, 6.45) is 2.86. The zero-order valence-corrected chi connectivity index (χ0v) is 7.73. The van der Waals surface area contributed by atoms with Crippen LogP contribution in [-0.4, -0.2) is 16.4 Å². The Balaban J connectivity index is 3.50. The van der Waals surface area contributed by atoms with Crippen molar-refractivity contribution in [2.45, 2.75) is 26.2 Å². The third-order valence-electron chi connectivity index (χ3n) is 1.44. The molecule has 2 nitrogen and oxygen atoms in total. The summed E-state index contributed by atoms with van der Waals surface area (Å²) >= 11 is 3.17. The van der Waals surface area contributed by atoms with Crippen molar-refractivity contribution < 1.29 is 9.90 Å². The van der Waals surface area contributed by atoms with E-state index in [1.807, 2.05) is 0 Å². The molecule has 0 amide bonds. The number of carboxylic acids is 1. The van der Waals surface area contributed by atoms with Gasteiger partial charge in [-0.25, -0.2) is 0 Å². The molecule has 0 saturated heterocycles. The van der Waals surface area contributed by atoms with Gasteiger partial charge in [0.2, 0.25) is 0 Å². The van der Waals surface area contributed by atoms with E-state index in [-0.39, 0.29) is 5.92 Å². The van der Waals surface area contributed by atoms with E-state index in [0.29, 0.717) is 5.33 Å². The van der Waals surface area contributed by atoms with Crippen LogP contribution in [0.5, 0.6) is 0 Å². The van der Waals surface area contributed by atoms with Crippen LogP contribution in [0, 0.1) is 5.92 Å². The van der Waals surface area contributed by atoms with Gasteiger partial charge in [-0.3, -0.25) is 4.79 Å². The first-order chi connectivity index (χ1) is 4.72. The minimum absolute atomic E-state index is 0.194. The van der Waals surface area contributed by atoms with Crippen LogP contribution in [0.25, 0.3) is 0 Å². The molecule has 0 fully saturated rings. The highest BCUT2D eigenvalue weighted by atomic mass is 79.9. The lowest BCUT2D eigenvalue weighted by atomic mass is 10.1. The molecule has 0 unspecified atom stereocenters. The van der Waals surface area contributed by atoms with E-state index in [2.05, 4.69) is 22.9 Å². The Labute approximate surface area is 69.8 Å². The van der Waals surface area contributed by atoms with Gasteiger partial charge in [-0.15, -0.1) is 0 Å². The van der Waals surface area contributed by atoms with Crippen LogP contribution in [0.2, 0.25) is 0 Å². The molecule has 0 rings (SSSR count). The molecule has 0 aromatic carbocycles. The van der Waals surface area contributed by atoms with Crippen molar-refractivity contribution in [3.63, 3.8) is 0 Å². The Hall–Kier alpha value is -0.0500. The standard InChI is InChI=1S/C7H13BrO2/c1-2-3-4-6(5-8)7(9)10/h6H,2-5H2,1H3,(H,9,10)/t6-/m0/s1. The van der Waals surface area contributed by atoms with E-state index < -0.39 is 5.97 Å². The summed E-state index contributed by atoms with van der Waals surface area (Å²) in [7, 11) is 0. The summed E-state index contributed by atoms with van der Waals surface area (Å²) in [5.74, 6) is -0.884. The second-order valence-electron chi connectivity index (χ2n) is 2.33. The van der Waals surface area contributed by atoms with Gasteiger partial charge in [-0.1, -0.05) is 35.7 Å².